The summed E-state index contributed by atoms with van der Waals surface area (Å²) in [6.45, 7) is 1.09. The number of nitrogens with zero attached hydrogens (tertiary/aromatic N) is 3. The fraction of sp³-hybridized carbons (Fsp3) is 0.294. The summed E-state index contributed by atoms with van der Waals surface area (Å²) in [4.78, 5) is 43.3. The number of amides is 2. The Hall–Kier alpha value is -2.87. The zero-order valence-corrected chi connectivity index (χ0v) is 14.5. The highest BCUT2D eigenvalue weighted by Gasteiger charge is 2.26. The summed E-state index contributed by atoms with van der Waals surface area (Å²) in [7, 11) is 0. The van der Waals surface area contributed by atoms with Gasteiger partial charge in [-0.05, 0) is 24.3 Å². The Kier molecular flexibility index (Phi) is 5.52. The van der Waals surface area contributed by atoms with Crippen LogP contribution in [-0.4, -0.2) is 65.4 Å². The van der Waals surface area contributed by atoms with Crippen molar-refractivity contribution in [3.8, 4) is 0 Å². The van der Waals surface area contributed by atoms with Crippen molar-refractivity contribution in [2.45, 2.75) is 0 Å². The van der Waals surface area contributed by atoms with Gasteiger partial charge in [0.2, 0.25) is 0 Å². The Morgan fingerprint density at radius 3 is 2.50 bits per heavy atom. The van der Waals surface area contributed by atoms with Crippen LogP contribution in [0.4, 0.5) is 0 Å². The monoisotopic (exact) mass is 377 g/mol. The zero-order chi connectivity index (χ0) is 18.5. The molecule has 0 spiro atoms. The molecule has 1 aliphatic rings. The van der Waals surface area contributed by atoms with Gasteiger partial charge < -0.3 is 19.0 Å². The van der Waals surface area contributed by atoms with Crippen molar-refractivity contribution in [1.29, 1.82) is 0 Å². The molecule has 9 heteroatoms. The summed E-state index contributed by atoms with van der Waals surface area (Å²) in [5.41, 5.74) is 0.107. The van der Waals surface area contributed by atoms with E-state index in [1.165, 1.54) is 18.5 Å². The normalized spacial score (nSPS) is 14.2. The van der Waals surface area contributed by atoms with Crippen LogP contribution in [0.5, 0.6) is 0 Å². The van der Waals surface area contributed by atoms with E-state index in [-0.39, 0.29) is 28.3 Å². The lowest BCUT2D eigenvalue weighted by Crippen LogP contribution is -2.51. The fourth-order valence-electron chi connectivity index (χ4n) is 2.55. The molecule has 0 aliphatic carbocycles. The van der Waals surface area contributed by atoms with Gasteiger partial charge in [-0.15, -0.1) is 0 Å². The van der Waals surface area contributed by atoms with Crippen LogP contribution in [0.25, 0.3) is 0 Å². The van der Waals surface area contributed by atoms with Crippen LogP contribution in [0.15, 0.2) is 41.1 Å². The van der Waals surface area contributed by atoms with Gasteiger partial charge in [-0.3, -0.25) is 9.59 Å². The maximum atomic E-state index is 12.2. The van der Waals surface area contributed by atoms with Gasteiger partial charge in [-0.2, -0.15) is 0 Å². The second-order valence-electron chi connectivity index (χ2n) is 5.57. The molecule has 0 radical (unpaired) electrons. The number of esters is 1. The Morgan fingerprint density at radius 1 is 1.12 bits per heavy atom. The Balaban J connectivity index is 1.47. The minimum atomic E-state index is -0.705. The maximum Gasteiger partial charge on any atom is 0.341 e. The number of ether oxygens (including phenoxy) is 1. The third kappa shape index (κ3) is 4.02. The molecule has 3 rings (SSSR count). The molecule has 0 atom stereocenters. The van der Waals surface area contributed by atoms with E-state index in [1.807, 2.05) is 0 Å². The number of halogens is 1. The summed E-state index contributed by atoms with van der Waals surface area (Å²) in [6, 6.07) is 6.28. The summed E-state index contributed by atoms with van der Waals surface area (Å²) in [5, 5.41) is 0.0231. The number of piperazine rings is 1. The molecule has 2 aromatic rings. The maximum absolute atomic E-state index is 12.2. The minimum absolute atomic E-state index is 0.0231. The first-order chi connectivity index (χ1) is 12.6. The number of pyridine rings is 1. The topological polar surface area (TPSA) is 93.0 Å². The molecule has 26 heavy (non-hydrogen) atoms. The predicted molar refractivity (Wildman–Crippen MR) is 90.7 cm³/mol. The first-order valence-corrected chi connectivity index (χ1v) is 8.32. The van der Waals surface area contributed by atoms with Gasteiger partial charge in [0.05, 0.1) is 11.8 Å². The van der Waals surface area contributed by atoms with Gasteiger partial charge in [0.25, 0.3) is 11.8 Å². The molecule has 0 saturated carbocycles. The van der Waals surface area contributed by atoms with Crippen molar-refractivity contribution in [3.63, 3.8) is 0 Å². The van der Waals surface area contributed by atoms with Gasteiger partial charge in [0, 0.05) is 32.4 Å². The third-order valence-corrected chi connectivity index (χ3v) is 4.26. The molecule has 0 N–H and O–H groups in total. The Labute approximate surface area is 154 Å². The number of hydrogen-bond donors (Lipinski definition) is 0. The van der Waals surface area contributed by atoms with E-state index in [2.05, 4.69) is 4.98 Å². The number of carbonyl (C=O) groups excluding carboxylic acids is 3. The highest BCUT2D eigenvalue weighted by molar-refractivity contribution is 6.32. The lowest BCUT2D eigenvalue weighted by Gasteiger charge is -2.34. The Bertz CT molecular complexity index is 800. The minimum Gasteiger partial charge on any atom is -0.459 e. The van der Waals surface area contributed by atoms with Gasteiger partial charge in [-0.25, -0.2) is 9.78 Å². The molecule has 2 amide bonds. The molecule has 0 bridgehead atoms. The number of carbonyl (C=O) groups is 3. The second kappa shape index (κ2) is 8.01. The molecule has 136 valence electrons. The number of rotatable bonds is 4. The second-order valence-corrected chi connectivity index (χ2v) is 5.93. The van der Waals surface area contributed by atoms with E-state index >= 15 is 0 Å². The largest absolute Gasteiger partial charge is 0.459 e. The summed E-state index contributed by atoms with van der Waals surface area (Å²) >= 11 is 5.82. The Morgan fingerprint density at radius 2 is 1.85 bits per heavy atom. The molecule has 2 aromatic heterocycles. The van der Waals surface area contributed by atoms with Crippen molar-refractivity contribution < 1.29 is 23.5 Å². The zero-order valence-electron chi connectivity index (χ0n) is 13.8. The van der Waals surface area contributed by atoms with Crippen LogP contribution in [0.1, 0.15) is 20.9 Å². The quantitative estimate of drug-likeness (QED) is 0.591. The van der Waals surface area contributed by atoms with Crippen molar-refractivity contribution in [1.82, 2.24) is 14.8 Å². The first-order valence-electron chi connectivity index (χ1n) is 7.94. The van der Waals surface area contributed by atoms with Crippen molar-refractivity contribution >= 4 is 29.4 Å². The van der Waals surface area contributed by atoms with Gasteiger partial charge in [0.15, 0.2) is 12.4 Å². The fourth-order valence-corrected chi connectivity index (χ4v) is 2.75. The standard InChI is InChI=1S/C17H16ClN3O5/c18-15-12(3-1-5-19-15)17(24)26-11-14(22)20-6-8-21(9-7-20)16(23)13-4-2-10-25-13/h1-5,10H,6-9,11H2. The average molecular weight is 378 g/mol. The molecule has 1 aliphatic heterocycles. The molecule has 8 nitrogen and oxygen atoms in total. The van der Waals surface area contributed by atoms with Crippen molar-refractivity contribution in [2.24, 2.45) is 0 Å². The highest BCUT2D eigenvalue weighted by Crippen LogP contribution is 2.13. The molecule has 1 fully saturated rings. The first kappa shape index (κ1) is 17.9. The summed E-state index contributed by atoms with van der Waals surface area (Å²) in [6.07, 6.45) is 2.89. The molecular weight excluding hydrogens is 362 g/mol. The van der Waals surface area contributed by atoms with Crippen LogP contribution in [0, 0.1) is 0 Å². The molecule has 1 saturated heterocycles. The molecule has 3 heterocycles. The number of aromatic nitrogens is 1. The number of furan rings is 1. The SMILES string of the molecule is O=C(OCC(=O)N1CCN(C(=O)c2ccco2)CC1)c1cccnc1Cl. The molecular formula is C17H16ClN3O5. The van der Waals surface area contributed by atoms with Gasteiger partial charge in [-0.1, -0.05) is 11.6 Å². The van der Waals surface area contributed by atoms with Crippen molar-refractivity contribution in [3.05, 3.63) is 53.2 Å². The van der Waals surface area contributed by atoms with Gasteiger partial charge in [0.1, 0.15) is 5.15 Å². The van der Waals surface area contributed by atoms with Crippen LogP contribution in [0.2, 0.25) is 5.15 Å². The van der Waals surface area contributed by atoms with Crippen LogP contribution in [0.3, 0.4) is 0 Å². The van der Waals surface area contributed by atoms with Gasteiger partial charge >= 0.3 is 5.97 Å². The summed E-state index contributed by atoms with van der Waals surface area (Å²) in [5.74, 6) is -0.974. The number of hydrogen-bond acceptors (Lipinski definition) is 6. The smallest absolute Gasteiger partial charge is 0.341 e. The summed E-state index contributed by atoms with van der Waals surface area (Å²) < 4.78 is 10.1. The highest BCUT2D eigenvalue weighted by atomic mass is 35.5. The van der Waals surface area contributed by atoms with Crippen LogP contribution < -0.4 is 0 Å². The predicted octanol–water partition coefficient (Wildman–Crippen LogP) is 1.47. The third-order valence-electron chi connectivity index (χ3n) is 3.96. The molecule has 0 aromatic carbocycles. The van der Waals surface area contributed by atoms with E-state index in [0.717, 1.165) is 0 Å². The van der Waals surface area contributed by atoms with E-state index in [1.54, 1.807) is 28.0 Å². The molecule has 0 unspecified atom stereocenters. The lowest BCUT2D eigenvalue weighted by molar-refractivity contribution is -0.136. The van der Waals surface area contributed by atoms with E-state index in [4.69, 9.17) is 20.8 Å². The average Bonchev–Trinajstić information content (AvgIpc) is 3.20. The van der Waals surface area contributed by atoms with Crippen molar-refractivity contribution in [2.75, 3.05) is 32.8 Å². The van der Waals surface area contributed by atoms with Crippen LogP contribution >= 0.6 is 11.6 Å². The van der Waals surface area contributed by atoms with E-state index < -0.39 is 12.6 Å². The lowest BCUT2D eigenvalue weighted by atomic mass is 10.2. The van der Waals surface area contributed by atoms with E-state index in [9.17, 15) is 14.4 Å². The van der Waals surface area contributed by atoms with E-state index in [0.29, 0.717) is 26.2 Å². The van der Waals surface area contributed by atoms with Crippen LogP contribution in [-0.2, 0) is 9.53 Å².